The Balaban J connectivity index is 1.73. The van der Waals surface area contributed by atoms with E-state index in [4.69, 9.17) is 0 Å². The van der Waals surface area contributed by atoms with Crippen LogP contribution in [0, 0.1) is 22.7 Å². The molecule has 32 heavy (non-hydrogen) atoms. The molecule has 0 N–H and O–H groups in total. The van der Waals surface area contributed by atoms with Crippen LogP contribution in [0.2, 0.25) is 0 Å². The van der Waals surface area contributed by atoms with Gasteiger partial charge in [-0.3, -0.25) is 9.69 Å². The van der Waals surface area contributed by atoms with Gasteiger partial charge in [-0.2, -0.15) is 10.5 Å². The van der Waals surface area contributed by atoms with Gasteiger partial charge in [0.2, 0.25) is 0 Å². The van der Waals surface area contributed by atoms with Crippen molar-refractivity contribution in [2.24, 2.45) is 7.05 Å². The number of rotatable bonds is 3. The van der Waals surface area contributed by atoms with Gasteiger partial charge >= 0.3 is 0 Å². The van der Waals surface area contributed by atoms with Gasteiger partial charge in [-0.25, -0.2) is 4.98 Å². The molecule has 2 atom stereocenters. The summed E-state index contributed by atoms with van der Waals surface area (Å²) < 4.78 is 2.48. The van der Waals surface area contributed by atoms with Crippen molar-refractivity contribution >= 4 is 32.7 Å². The van der Waals surface area contributed by atoms with Crippen molar-refractivity contribution in [3.8, 4) is 12.1 Å². The standard InChI is InChI=1S/C24H23BrN6O/c1-15-14-30(10-11-31(15)16(2)17-4-6-18(25)7-5-17)23-20(13-27)24(32)29(3)21-9-8-19(12-26)28-22(21)23/h4-9,15-16H,10-11,14H2,1-3H3/t15-,16?/m1/s1. The lowest BCUT2D eigenvalue weighted by atomic mass is 10.0. The molecule has 7 nitrogen and oxygen atoms in total. The molecule has 0 spiro atoms. The van der Waals surface area contributed by atoms with Crippen molar-refractivity contribution in [2.45, 2.75) is 25.9 Å². The number of aromatic nitrogens is 2. The van der Waals surface area contributed by atoms with E-state index in [2.05, 4.69) is 81.0 Å². The molecule has 1 unspecified atom stereocenters. The van der Waals surface area contributed by atoms with Crippen LogP contribution in [-0.2, 0) is 7.05 Å². The molecule has 4 rings (SSSR count). The van der Waals surface area contributed by atoms with Crippen molar-refractivity contribution in [3.05, 3.63) is 68.0 Å². The summed E-state index contributed by atoms with van der Waals surface area (Å²) in [6.07, 6.45) is 0. The second kappa shape index (κ2) is 8.74. The zero-order chi connectivity index (χ0) is 23.0. The molecular formula is C24H23BrN6O. The highest BCUT2D eigenvalue weighted by atomic mass is 79.9. The summed E-state index contributed by atoms with van der Waals surface area (Å²) in [6, 6.07) is 16.3. The Morgan fingerprint density at radius 3 is 2.47 bits per heavy atom. The van der Waals surface area contributed by atoms with E-state index in [0.717, 1.165) is 11.0 Å². The molecule has 0 aliphatic carbocycles. The Bertz CT molecular complexity index is 1320. The van der Waals surface area contributed by atoms with E-state index in [1.807, 2.05) is 0 Å². The minimum absolute atomic E-state index is 0.0733. The monoisotopic (exact) mass is 490 g/mol. The topological polar surface area (TPSA) is 89.0 Å². The highest BCUT2D eigenvalue weighted by molar-refractivity contribution is 9.10. The number of nitrogens with zero attached hydrogens (tertiary/aromatic N) is 6. The summed E-state index contributed by atoms with van der Waals surface area (Å²) in [5.74, 6) is 0. The van der Waals surface area contributed by atoms with Crippen LogP contribution >= 0.6 is 15.9 Å². The molecule has 162 valence electrons. The predicted molar refractivity (Wildman–Crippen MR) is 127 cm³/mol. The number of hydrogen-bond donors (Lipinski definition) is 0. The fourth-order valence-electron chi connectivity index (χ4n) is 4.55. The summed E-state index contributed by atoms with van der Waals surface area (Å²) >= 11 is 3.49. The Hall–Kier alpha value is -3.20. The number of aryl methyl sites for hydroxylation is 1. The van der Waals surface area contributed by atoms with Gasteiger partial charge < -0.3 is 9.47 Å². The first-order valence-corrected chi connectivity index (χ1v) is 11.2. The first kappa shape index (κ1) is 22.0. The van der Waals surface area contributed by atoms with Crippen LogP contribution < -0.4 is 10.5 Å². The van der Waals surface area contributed by atoms with Gasteiger partial charge in [-0.15, -0.1) is 0 Å². The maximum Gasteiger partial charge on any atom is 0.270 e. The molecule has 3 aromatic rings. The lowest BCUT2D eigenvalue weighted by Gasteiger charge is -2.44. The first-order chi connectivity index (χ1) is 15.3. The van der Waals surface area contributed by atoms with E-state index < -0.39 is 0 Å². The predicted octanol–water partition coefficient (Wildman–Crippen LogP) is 3.71. The lowest BCUT2D eigenvalue weighted by molar-refractivity contribution is 0.138. The van der Waals surface area contributed by atoms with E-state index >= 15 is 0 Å². The molecule has 0 amide bonds. The fraction of sp³-hybridized carbons (Fsp3) is 0.333. The largest absolute Gasteiger partial charge is 0.366 e. The smallest absolute Gasteiger partial charge is 0.270 e. The molecule has 8 heteroatoms. The molecule has 0 bridgehead atoms. The molecule has 0 saturated carbocycles. The van der Waals surface area contributed by atoms with Crippen LogP contribution in [0.1, 0.15) is 36.7 Å². The van der Waals surface area contributed by atoms with Crippen molar-refractivity contribution < 1.29 is 0 Å². The van der Waals surface area contributed by atoms with Crippen molar-refractivity contribution in [2.75, 3.05) is 24.5 Å². The zero-order valence-corrected chi connectivity index (χ0v) is 19.8. The fourth-order valence-corrected chi connectivity index (χ4v) is 4.81. The molecule has 0 radical (unpaired) electrons. The van der Waals surface area contributed by atoms with Gasteiger partial charge in [0.25, 0.3) is 5.56 Å². The highest BCUT2D eigenvalue weighted by Gasteiger charge is 2.31. The quantitative estimate of drug-likeness (QED) is 0.555. The van der Waals surface area contributed by atoms with Crippen LogP contribution in [0.4, 0.5) is 5.69 Å². The summed E-state index contributed by atoms with van der Waals surface area (Å²) in [7, 11) is 1.63. The van der Waals surface area contributed by atoms with Gasteiger partial charge in [0.15, 0.2) is 0 Å². The number of fused-ring (bicyclic) bond motifs is 1. The van der Waals surface area contributed by atoms with Gasteiger partial charge in [0.1, 0.15) is 28.9 Å². The van der Waals surface area contributed by atoms with Gasteiger partial charge in [-0.1, -0.05) is 28.1 Å². The first-order valence-electron chi connectivity index (χ1n) is 10.5. The Kier molecular flexibility index (Phi) is 6.01. The number of hydrogen-bond acceptors (Lipinski definition) is 6. The van der Waals surface area contributed by atoms with Crippen molar-refractivity contribution in [1.82, 2.24) is 14.5 Å². The van der Waals surface area contributed by atoms with Gasteiger partial charge in [0, 0.05) is 43.2 Å². The highest BCUT2D eigenvalue weighted by Crippen LogP contribution is 2.32. The van der Waals surface area contributed by atoms with Crippen molar-refractivity contribution in [3.63, 3.8) is 0 Å². The third kappa shape index (κ3) is 3.77. The Labute approximate surface area is 195 Å². The molecule has 3 heterocycles. The summed E-state index contributed by atoms with van der Waals surface area (Å²) in [4.78, 5) is 21.9. The SMILES string of the molecule is CC(c1ccc(Br)cc1)N1CCN(c2c(C#N)c(=O)n(C)c3ccc(C#N)nc23)C[C@H]1C. The van der Waals surface area contributed by atoms with Crippen molar-refractivity contribution in [1.29, 1.82) is 10.5 Å². The Morgan fingerprint density at radius 2 is 1.84 bits per heavy atom. The molecule has 2 aromatic heterocycles. The molecule has 1 saturated heterocycles. The zero-order valence-electron chi connectivity index (χ0n) is 18.2. The van der Waals surface area contributed by atoms with E-state index in [1.54, 1.807) is 19.2 Å². The number of halogens is 1. The molecule has 1 aliphatic heterocycles. The molecule has 1 aromatic carbocycles. The average molecular weight is 491 g/mol. The average Bonchev–Trinajstić information content (AvgIpc) is 2.80. The minimum atomic E-state index is -0.347. The maximum atomic E-state index is 12.9. The van der Waals surface area contributed by atoms with Crippen LogP contribution in [-0.4, -0.2) is 40.1 Å². The number of anilines is 1. The third-order valence-corrected chi connectivity index (χ3v) is 6.81. The van der Waals surface area contributed by atoms with Crippen LogP contribution in [0.25, 0.3) is 11.0 Å². The van der Waals surface area contributed by atoms with Crippen LogP contribution in [0.3, 0.4) is 0 Å². The summed E-state index contributed by atoms with van der Waals surface area (Å²) in [6.45, 7) is 6.43. The number of nitriles is 2. The number of pyridine rings is 2. The second-order valence-corrected chi connectivity index (χ2v) is 9.05. The van der Waals surface area contributed by atoms with Crippen LogP contribution in [0.15, 0.2) is 45.7 Å². The summed E-state index contributed by atoms with van der Waals surface area (Å²) in [5, 5.41) is 19.2. The summed E-state index contributed by atoms with van der Waals surface area (Å²) in [5.41, 5.74) is 2.89. The molecule has 1 fully saturated rings. The maximum absolute atomic E-state index is 12.9. The van der Waals surface area contributed by atoms with E-state index in [-0.39, 0.29) is 28.9 Å². The molecular weight excluding hydrogens is 468 g/mol. The van der Waals surface area contributed by atoms with E-state index in [9.17, 15) is 15.3 Å². The third-order valence-electron chi connectivity index (χ3n) is 6.29. The number of benzene rings is 1. The van der Waals surface area contributed by atoms with Gasteiger partial charge in [0.05, 0.1) is 11.2 Å². The lowest BCUT2D eigenvalue weighted by Crippen LogP contribution is -2.53. The second-order valence-electron chi connectivity index (χ2n) is 8.14. The normalized spacial score (nSPS) is 17.7. The van der Waals surface area contributed by atoms with Gasteiger partial charge in [-0.05, 0) is 43.7 Å². The number of piperazine rings is 1. The molecule has 1 aliphatic rings. The van der Waals surface area contributed by atoms with E-state index in [1.165, 1.54) is 10.1 Å². The van der Waals surface area contributed by atoms with Crippen LogP contribution in [0.5, 0.6) is 0 Å². The Morgan fingerprint density at radius 1 is 1.12 bits per heavy atom. The minimum Gasteiger partial charge on any atom is -0.366 e. The van der Waals surface area contributed by atoms with E-state index in [0.29, 0.717) is 29.8 Å².